The topological polar surface area (TPSA) is 99.5 Å². The molecule has 2 aliphatic heterocycles. The fraction of sp³-hybridized carbons (Fsp3) is 0.292. The molecule has 1 unspecified atom stereocenters. The molecule has 0 radical (unpaired) electrons. The fourth-order valence-electron chi connectivity index (χ4n) is 4.08. The second-order valence-electron chi connectivity index (χ2n) is 7.73. The van der Waals surface area contributed by atoms with Gasteiger partial charge in [0.2, 0.25) is 5.95 Å². The molecule has 33 heavy (non-hydrogen) atoms. The number of hydrogen-bond acceptors (Lipinski definition) is 7. The normalized spacial score (nSPS) is 17.0. The Hall–Kier alpha value is -4.01. The van der Waals surface area contributed by atoms with Crippen molar-refractivity contribution in [1.82, 2.24) is 14.8 Å². The largest absolute Gasteiger partial charge is 0.492 e. The van der Waals surface area contributed by atoms with Crippen LogP contribution in [0.4, 0.5) is 11.6 Å². The lowest BCUT2D eigenvalue weighted by atomic mass is 9.94. The van der Waals surface area contributed by atoms with Crippen molar-refractivity contribution in [1.29, 1.82) is 0 Å². The lowest BCUT2D eigenvalue weighted by Gasteiger charge is -2.29. The number of hydrogen-bond donors (Lipinski definition) is 2. The summed E-state index contributed by atoms with van der Waals surface area (Å²) < 4.78 is 19.1. The van der Waals surface area contributed by atoms with E-state index in [0.29, 0.717) is 60.0 Å². The summed E-state index contributed by atoms with van der Waals surface area (Å²) in [5, 5.41) is 10.6. The van der Waals surface area contributed by atoms with E-state index in [9.17, 15) is 4.79 Å². The van der Waals surface area contributed by atoms with Crippen molar-refractivity contribution in [3.8, 4) is 17.2 Å². The van der Waals surface area contributed by atoms with Crippen LogP contribution >= 0.6 is 0 Å². The number of anilines is 2. The van der Waals surface area contributed by atoms with Crippen molar-refractivity contribution in [2.75, 3.05) is 30.5 Å². The minimum atomic E-state index is -0.500. The number of carbonyl (C=O) groups excluding carboxylic acids is 1. The highest BCUT2D eigenvalue weighted by atomic mass is 16.5. The first-order valence-corrected chi connectivity index (χ1v) is 11.0. The molecule has 0 spiro atoms. The van der Waals surface area contributed by atoms with Crippen LogP contribution in [-0.2, 0) is 4.79 Å². The van der Waals surface area contributed by atoms with E-state index >= 15 is 0 Å². The second kappa shape index (κ2) is 8.85. The van der Waals surface area contributed by atoms with Gasteiger partial charge in [0.05, 0.1) is 31.1 Å². The van der Waals surface area contributed by atoms with Crippen molar-refractivity contribution in [2.24, 2.45) is 0 Å². The Kier molecular flexibility index (Phi) is 5.60. The number of para-hydroxylation sites is 2. The van der Waals surface area contributed by atoms with E-state index in [-0.39, 0.29) is 5.91 Å². The van der Waals surface area contributed by atoms with E-state index in [1.807, 2.05) is 56.3 Å². The van der Waals surface area contributed by atoms with Crippen molar-refractivity contribution in [3.63, 3.8) is 0 Å². The van der Waals surface area contributed by atoms with Crippen LogP contribution in [-0.4, -0.2) is 40.5 Å². The van der Waals surface area contributed by atoms with Crippen LogP contribution < -0.4 is 24.8 Å². The minimum absolute atomic E-state index is 0.259. The number of rotatable bonds is 5. The maximum Gasteiger partial charge on any atom is 0.255 e. The monoisotopic (exact) mass is 447 g/mol. The molecule has 170 valence electrons. The van der Waals surface area contributed by atoms with E-state index in [0.717, 1.165) is 12.0 Å². The van der Waals surface area contributed by atoms with E-state index in [2.05, 4.69) is 20.7 Å². The summed E-state index contributed by atoms with van der Waals surface area (Å²) in [5.41, 5.74) is 2.66. The molecular weight excluding hydrogens is 422 g/mol. The van der Waals surface area contributed by atoms with E-state index in [4.69, 9.17) is 14.2 Å². The number of fused-ring (bicyclic) bond motifs is 2. The fourth-order valence-corrected chi connectivity index (χ4v) is 4.08. The average Bonchev–Trinajstić information content (AvgIpc) is 3.15. The van der Waals surface area contributed by atoms with E-state index < -0.39 is 6.04 Å². The maximum absolute atomic E-state index is 13.6. The summed E-state index contributed by atoms with van der Waals surface area (Å²) >= 11 is 0. The smallest absolute Gasteiger partial charge is 0.255 e. The molecule has 2 aromatic carbocycles. The molecule has 9 heteroatoms. The zero-order chi connectivity index (χ0) is 22.8. The van der Waals surface area contributed by atoms with Gasteiger partial charge in [0.25, 0.3) is 5.91 Å². The molecule has 1 aromatic heterocycles. The van der Waals surface area contributed by atoms with Gasteiger partial charge in [0.15, 0.2) is 11.5 Å². The van der Waals surface area contributed by atoms with Crippen LogP contribution in [0.1, 0.15) is 31.9 Å². The quantitative estimate of drug-likeness (QED) is 0.614. The SMILES string of the molecule is CCOc1ccccc1NC(=O)C1=C(C)Nc2ncnn2C1c1ccc2c(c1)OCCCO2. The molecule has 1 amide bonds. The number of allylic oxidation sites excluding steroid dienone is 1. The average molecular weight is 447 g/mol. The first-order valence-electron chi connectivity index (χ1n) is 11.0. The van der Waals surface area contributed by atoms with Gasteiger partial charge in [-0.25, -0.2) is 4.68 Å². The number of nitrogens with one attached hydrogen (secondary N) is 2. The van der Waals surface area contributed by atoms with Crippen molar-refractivity contribution < 1.29 is 19.0 Å². The zero-order valence-electron chi connectivity index (χ0n) is 18.5. The highest BCUT2D eigenvalue weighted by Crippen LogP contribution is 2.39. The van der Waals surface area contributed by atoms with Crippen LogP contribution in [0.3, 0.4) is 0 Å². The van der Waals surface area contributed by atoms with Gasteiger partial charge in [-0.05, 0) is 43.7 Å². The first kappa shape index (κ1) is 20.9. The standard InChI is InChI=1S/C24H25N5O4/c1-3-31-18-8-5-4-7-17(18)28-23(30)21-15(2)27-24-25-14-26-29(24)22(21)16-9-10-19-20(13-16)33-12-6-11-32-19/h4-5,7-10,13-14,22H,3,6,11-12H2,1-2H3,(H,28,30)(H,25,26,27). The highest BCUT2D eigenvalue weighted by molar-refractivity contribution is 6.06. The summed E-state index contributed by atoms with van der Waals surface area (Å²) in [6, 6.07) is 12.6. The van der Waals surface area contributed by atoms with Gasteiger partial charge < -0.3 is 24.8 Å². The summed E-state index contributed by atoms with van der Waals surface area (Å²) in [6.07, 6.45) is 2.29. The number of benzene rings is 2. The molecule has 1 atom stereocenters. The Labute approximate surface area is 191 Å². The molecular formula is C24H25N5O4. The van der Waals surface area contributed by atoms with Gasteiger partial charge in [-0.15, -0.1) is 0 Å². The van der Waals surface area contributed by atoms with Crippen molar-refractivity contribution >= 4 is 17.5 Å². The minimum Gasteiger partial charge on any atom is -0.492 e. The maximum atomic E-state index is 13.6. The van der Waals surface area contributed by atoms with Crippen LogP contribution in [0.2, 0.25) is 0 Å². The molecule has 3 heterocycles. The van der Waals surface area contributed by atoms with E-state index in [1.165, 1.54) is 6.33 Å². The molecule has 2 N–H and O–H groups in total. The Morgan fingerprint density at radius 2 is 2.03 bits per heavy atom. The van der Waals surface area contributed by atoms with Gasteiger partial charge in [0, 0.05) is 12.1 Å². The molecule has 0 aliphatic carbocycles. The highest BCUT2D eigenvalue weighted by Gasteiger charge is 2.34. The molecule has 0 saturated carbocycles. The number of amides is 1. The predicted molar refractivity (Wildman–Crippen MR) is 123 cm³/mol. The summed E-state index contributed by atoms with van der Waals surface area (Å²) in [5.74, 6) is 2.27. The van der Waals surface area contributed by atoms with Gasteiger partial charge in [0.1, 0.15) is 18.1 Å². The first-order chi connectivity index (χ1) is 16.2. The van der Waals surface area contributed by atoms with E-state index in [1.54, 1.807) is 4.68 Å². The third kappa shape index (κ3) is 3.97. The lowest BCUT2D eigenvalue weighted by Crippen LogP contribution is -2.31. The van der Waals surface area contributed by atoms with Crippen LogP contribution in [0.5, 0.6) is 17.2 Å². The Balaban J connectivity index is 1.54. The summed E-state index contributed by atoms with van der Waals surface area (Å²) in [4.78, 5) is 17.9. The summed E-state index contributed by atoms with van der Waals surface area (Å²) in [7, 11) is 0. The third-order valence-electron chi connectivity index (χ3n) is 5.56. The number of aromatic nitrogens is 3. The summed E-state index contributed by atoms with van der Waals surface area (Å²) in [6.45, 7) is 5.45. The van der Waals surface area contributed by atoms with Crippen LogP contribution in [0.25, 0.3) is 0 Å². The van der Waals surface area contributed by atoms with Gasteiger partial charge >= 0.3 is 0 Å². The Morgan fingerprint density at radius 3 is 2.88 bits per heavy atom. The van der Waals surface area contributed by atoms with Crippen LogP contribution in [0, 0.1) is 0 Å². The Bertz CT molecular complexity index is 1220. The molecule has 9 nitrogen and oxygen atoms in total. The molecule has 0 saturated heterocycles. The van der Waals surface area contributed by atoms with Gasteiger partial charge in [-0.2, -0.15) is 10.1 Å². The number of carbonyl (C=O) groups is 1. The molecule has 5 rings (SSSR count). The number of nitrogens with zero attached hydrogens (tertiary/aromatic N) is 3. The zero-order valence-corrected chi connectivity index (χ0v) is 18.5. The van der Waals surface area contributed by atoms with Crippen molar-refractivity contribution in [3.05, 3.63) is 65.6 Å². The second-order valence-corrected chi connectivity index (χ2v) is 7.73. The van der Waals surface area contributed by atoms with Gasteiger partial charge in [-0.3, -0.25) is 4.79 Å². The number of ether oxygens (including phenoxy) is 3. The molecule has 3 aromatic rings. The molecule has 0 bridgehead atoms. The molecule has 0 fully saturated rings. The van der Waals surface area contributed by atoms with Crippen LogP contribution in [0.15, 0.2) is 60.1 Å². The Morgan fingerprint density at radius 1 is 1.21 bits per heavy atom. The lowest BCUT2D eigenvalue weighted by molar-refractivity contribution is -0.113. The molecule has 2 aliphatic rings. The van der Waals surface area contributed by atoms with Gasteiger partial charge in [-0.1, -0.05) is 18.2 Å². The third-order valence-corrected chi connectivity index (χ3v) is 5.56. The predicted octanol–water partition coefficient (Wildman–Crippen LogP) is 3.77. The van der Waals surface area contributed by atoms with Crippen molar-refractivity contribution in [2.45, 2.75) is 26.3 Å².